The molecule has 0 aliphatic carbocycles. The Morgan fingerprint density at radius 3 is 1.18 bits per heavy atom. The van der Waals surface area contributed by atoms with Crippen LogP contribution in [0.3, 0.4) is 0 Å². The summed E-state index contributed by atoms with van der Waals surface area (Å²) in [5.41, 5.74) is 0. The fourth-order valence-corrected chi connectivity index (χ4v) is 5.45. The Balaban J connectivity index is 3.20. The summed E-state index contributed by atoms with van der Waals surface area (Å²) in [6, 6.07) is 0. The van der Waals surface area contributed by atoms with Gasteiger partial charge < -0.3 is 14.6 Å². The van der Waals surface area contributed by atoms with E-state index in [0.717, 1.165) is 25.7 Å². The number of rotatable bonds is 34. The number of carbonyl (C=O) groups is 1. The van der Waals surface area contributed by atoms with Crippen LogP contribution in [0.15, 0.2) is 0 Å². The molecule has 0 spiro atoms. The molecule has 1 atom stereocenters. The first-order valence-corrected chi connectivity index (χ1v) is 18.1. The lowest BCUT2D eigenvalue weighted by molar-refractivity contribution is -0.154. The summed E-state index contributed by atoms with van der Waals surface area (Å²) < 4.78 is 10.9. The second kappa shape index (κ2) is 34.6. The Hall–Kier alpha value is -0.610. The molecule has 0 aromatic heterocycles. The highest BCUT2D eigenvalue weighted by Crippen LogP contribution is 2.16. The van der Waals surface area contributed by atoms with Crippen LogP contribution in [0.4, 0.5) is 0 Å². The van der Waals surface area contributed by atoms with Gasteiger partial charge in [-0.15, -0.1) is 0 Å². The van der Waals surface area contributed by atoms with E-state index in [0.29, 0.717) is 19.6 Å². The smallest absolute Gasteiger partial charge is 0.306 e. The molecule has 0 rings (SSSR count). The van der Waals surface area contributed by atoms with E-state index >= 15 is 0 Å². The predicted molar refractivity (Wildman–Crippen MR) is 173 cm³/mol. The number of hydrogen-bond donors (Lipinski definition) is 1. The maximum Gasteiger partial charge on any atom is 0.306 e. The number of aliphatic hydroxyl groups excluding tert-OH is 1. The fourth-order valence-electron chi connectivity index (χ4n) is 5.45. The number of ether oxygens (including phenoxy) is 2. The van der Waals surface area contributed by atoms with Gasteiger partial charge in [0.25, 0.3) is 0 Å². The monoisotopic (exact) mass is 569 g/mol. The van der Waals surface area contributed by atoms with E-state index in [4.69, 9.17) is 9.47 Å². The van der Waals surface area contributed by atoms with Gasteiger partial charge in [0.15, 0.2) is 0 Å². The third-order valence-corrected chi connectivity index (χ3v) is 8.18. The molecule has 0 aliphatic heterocycles. The molecule has 4 nitrogen and oxygen atoms in total. The highest BCUT2D eigenvalue weighted by Gasteiger charge is 2.13. The van der Waals surface area contributed by atoms with E-state index in [1.54, 1.807) is 0 Å². The van der Waals surface area contributed by atoms with E-state index in [1.807, 2.05) is 0 Å². The van der Waals surface area contributed by atoms with Crippen molar-refractivity contribution in [3.63, 3.8) is 0 Å². The zero-order valence-electron chi connectivity index (χ0n) is 27.4. The zero-order valence-corrected chi connectivity index (χ0v) is 27.4. The summed E-state index contributed by atoms with van der Waals surface area (Å²) in [7, 11) is 0. The fraction of sp³-hybridized carbons (Fsp3) is 0.972. The molecule has 0 aromatic carbocycles. The Morgan fingerprint density at radius 1 is 0.500 bits per heavy atom. The van der Waals surface area contributed by atoms with Crippen molar-refractivity contribution >= 4 is 5.97 Å². The van der Waals surface area contributed by atoms with Crippen LogP contribution in [0.25, 0.3) is 0 Å². The lowest BCUT2D eigenvalue weighted by Crippen LogP contribution is -2.27. The van der Waals surface area contributed by atoms with Crippen LogP contribution in [-0.4, -0.2) is 37.0 Å². The van der Waals surface area contributed by atoms with Gasteiger partial charge in [-0.05, 0) is 12.8 Å². The normalized spacial score (nSPS) is 12.2. The lowest BCUT2D eigenvalue weighted by atomic mass is 10.0. The van der Waals surface area contributed by atoms with Crippen LogP contribution in [0.1, 0.15) is 200 Å². The first kappa shape index (κ1) is 39.4. The third kappa shape index (κ3) is 31.9. The SMILES string of the molecule is CCCCCCCCCCCCCCCCCCCCCCCCCCCOCC(CO)OC(=O)CCCCC. The second-order valence-corrected chi connectivity index (χ2v) is 12.3. The Kier molecular flexibility index (Phi) is 34.1. The first-order valence-electron chi connectivity index (χ1n) is 18.1. The number of esters is 1. The maximum atomic E-state index is 11.8. The minimum absolute atomic E-state index is 0.168. The summed E-state index contributed by atoms with van der Waals surface area (Å²) in [5.74, 6) is -0.221. The maximum absolute atomic E-state index is 11.8. The molecule has 0 saturated carbocycles. The lowest BCUT2D eigenvalue weighted by Gasteiger charge is -2.15. The minimum Gasteiger partial charge on any atom is -0.457 e. The molecule has 0 aromatic rings. The largest absolute Gasteiger partial charge is 0.457 e. The van der Waals surface area contributed by atoms with Crippen LogP contribution in [-0.2, 0) is 14.3 Å². The molecule has 240 valence electrons. The van der Waals surface area contributed by atoms with Crippen LogP contribution >= 0.6 is 0 Å². The van der Waals surface area contributed by atoms with Crippen molar-refractivity contribution in [2.45, 2.75) is 206 Å². The molecule has 0 bridgehead atoms. The Morgan fingerprint density at radius 2 is 0.825 bits per heavy atom. The van der Waals surface area contributed by atoms with Crippen molar-refractivity contribution in [3.05, 3.63) is 0 Å². The zero-order chi connectivity index (χ0) is 29.2. The molecule has 4 heteroatoms. The molecule has 0 heterocycles. The molecule has 0 radical (unpaired) electrons. The standard InChI is InChI=1S/C36H72O4/c1-3-5-7-8-9-10-11-12-13-14-15-16-17-18-19-20-21-22-23-24-25-26-27-28-30-32-39-34-35(33-37)40-36(38)31-29-6-4-2/h35,37H,3-34H2,1-2H3. The van der Waals surface area contributed by atoms with Gasteiger partial charge in [-0.25, -0.2) is 0 Å². The van der Waals surface area contributed by atoms with Gasteiger partial charge in [0.1, 0.15) is 6.10 Å². The van der Waals surface area contributed by atoms with Gasteiger partial charge in [-0.1, -0.05) is 181 Å². The van der Waals surface area contributed by atoms with E-state index < -0.39 is 6.10 Å². The Labute approximate surface area is 251 Å². The highest BCUT2D eigenvalue weighted by atomic mass is 16.6. The average molecular weight is 569 g/mol. The average Bonchev–Trinajstić information content (AvgIpc) is 2.96. The van der Waals surface area contributed by atoms with Crippen molar-refractivity contribution in [1.29, 1.82) is 0 Å². The van der Waals surface area contributed by atoms with Crippen LogP contribution < -0.4 is 0 Å². The third-order valence-electron chi connectivity index (χ3n) is 8.18. The van der Waals surface area contributed by atoms with Crippen LogP contribution in [0.5, 0.6) is 0 Å². The van der Waals surface area contributed by atoms with Gasteiger partial charge >= 0.3 is 5.97 Å². The molecule has 0 aliphatic rings. The summed E-state index contributed by atoms with van der Waals surface area (Å²) in [5, 5.41) is 9.39. The van der Waals surface area contributed by atoms with Gasteiger partial charge in [-0.3, -0.25) is 4.79 Å². The number of aliphatic hydroxyl groups is 1. The van der Waals surface area contributed by atoms with Crippen LogP contribution in [0, 0.1) is 0 Å². The van der Waals surface area contributed by atoms with Crippen molar-refractivity contribution in [2.24, 2.45) is 0 Å². The molecule has 0 saturated heterocycles. The van der Waals surface area contributed by atoms with E-state index in [-0.39, 0.29) is 12.6 Å². The molecular formula is C36H72O4. The topological polar surface area (TPSA) is 55.8 Å². The predicted octanol–water partition coefficient (Wildman–Crippen LogP) is 11.3. The molecule has 40 heavy (non-hydrogen) atoms. The van der Waals surface area contributed by atoms with Crippen LogP contribution in [0.2, 0.25) is 0 Å². The van der Waals surface area contributed by atoms with Gasteiger partial charge in [0, 0.05) is 13.0 Å². The van der Waals surface area contributed by atoms with E-state index in [2.05, 4.69) is 13.8 Å². The number of hydrogen-bond acceptors (Lipinski definition) is 4. The van der Waals surface area contributed by atoms with Gasteiger partial charge in [0.05, 0.1) is 13.2 Å². The summed E-state index contributed by atoms with van der Waals surface area (Å²) in [6.07, 6.45) is 37.9. The Bertz CT molecular complexity index is 481. The number of unbranched alkanes of at least 4 members (excludes halogenated alkanes) is 26. The molecule has 0 fully saturated rings. The molecule has 1 N–H and O–H groups in total. The van der Waals surface area contributed by atoms with Gasteiger partial charge in [0.2, 0.25) is 0 Å². The van der Waals surface area contributed by atoms with Crippen molar-refractivity contribution in [2.75, 3.05) is 19.8 Å². The summed E-state index contributed by atoms with van der Waals surface area (Å²) in [4.78, 5) is 11.8. The molecule has 1 unspecified atom stereocenters. The quantitative estimate of drug-likeness (QED) is 0.0619. The van der Waals surface area contributed by atoms with Crippen molar-refractivity contribution in [1.82, 2.24) is 0 Å². The first-order chi connectivity index (χ1) is 19.7. The summed E-state index contributed by atoms with van der Waals surface area (Å²) >= 11 is 0. The van der Waals surface area contributed by atoms with E-state index in [9.17, 15) is 9.90 Å². The van der Waals surface area contributed by atoms with Crippen molar-refractivity contribution < 1.29 is 19.4 Å². The van der Waals surface area contributed by atoms with Crippen molar-refractivity contribution in [3.8, 4) is 0 Å². The van der Waals surface area contributed by atoms with E-state index in [1.165, 1.54) is 154 Å². The summed E-state index contributed by atoms with van der Waals surface area (Å²) in [6.45, 7) is 5.22. The molecule has 0 amide bonds. The number of carbonyl (C=O) groups excluding carboxylic acids is 1. The minimum atomic E-state index is -0.520. The highest BCUT2D eigenvalue weighted by molar-refractivity contribution is 5.69. The van der Waals surface area contributed by atoms with Gasteiger partial charge in [-0.2, -0.15) is 0 Å². The molecular weight excluding hydrogens is 496 g/mol. The second-order valence-electron chi connectivity index (χ2n) is 12.3.